The zero-order chi connectivity index (χ0) is 14.0. The first-order chi connectivity index (χ1) is 8.97. The number of nitrogens with two attached hydrogens (primary N) is 2. The van der Waals surface area contributed by atoms with Gasteiger partial charge in [0.15, 0.2) is 17.5 Å². The minimum atomic E-state index is -1.48. The summed E-state index contributed by atoms with van der Waals surface area (Å²) in [5.41, 5.74) is 12.1. The first kappa shape index (κ1) is 13.0. The lowest BCUT2D eigenvalue weighted by molar-refractivity contribution is 0.445. The molecular formula is C12H11F3N4. The van der Waals surface area contributed by atoms with Crippen molar-refractivity contribution in [2.45, 2.75) is 6.54 Å². The van der Waals surface area contributed by atoms with Gasteiger partial charge in [0.05, 0.1) is 17.6 Å². The number of nitrogens with zero attached hydrogens (tertiary/aromatic N) is 1. The van der Waals surface area contributed by atoms with Crippen LogP contribution in [0.2, 0.25) is 0 Å². The highest BCUT2D eigenvalue weighted by Gasteiger charge is 2.10. The minimum absolute atomic E-state index is 0.0964. The molecule has 100 valence electrons. The Morgan fingerprint density at radius 2 is 1.68 bits per heavy atom. The lowest BCUT2D eigenvalue weighted by Gasteiger charge is -2.08. The molecule has 0 aliphatic heterocycles. The number of rotatable bonds is 3. The van der Waals surface area contributed by atoms with Crippen LogP contribution in [0.1, 0.15) is 5.56 Å². The van der Waals surface area contributed by atoms with Crippen LogP contribution in [0.5, 0.6) is 0 Å². The van der Waals surface area contributed by atoms with Crippen LogP contribution in [-0.4, -0.2) is 4.98 Å². The molecule has 1 aromatic carbocycles. The van der Waals surface area contributed by atoms with Crippen molar-refractivity contribution in [2.75, 3.05) is 16.8 Å². The Labute approximate surface area is 107 Å². The van der Waals surface area contributed by atoms with Gasteiger partial charge in [0.2, 0.25) is 0 Å². The molecule has 19 heavy (non-hydrogen) atoms. The first-order valence-corrected chi connectivity index (χ1v) is 5.35. The molecule has 0 saturated carbocycles. The summed E-state index contributed by atoms with van der Waals surface area (Å²) in [5, 5.41) is 2.85. The fourth-order valence-electron chi connectivity index (χ4n) is 1.50. The zero-order valence-electron chi connectivity index (χ0n) is 9.75. The second-order valence-corrected chi connectivity index (χ2v) is 3.93. The van der Waals surface area contributed by atoms with Gasteiger partial charge in [0.25, 0.3) is 0 Å². The molecule has 0 atom stereocenters. The molecule has 0 spiro atoms. The molecule has 0 bridgehead atoms. The van der Waals surface area contributed by atoms with Crippen LogP contribution in [0.3, 0.4) is 0 Å². The molecule has 0 amide bonds. The highest BCUT2D eigenvalue weighted by atomic mass is 19.2. The average Bonchev–Trinajstić information content (AvgIpc) is 2.37. The Kier molecular flexibility index (Phi) is 3.46. The van der Waals surface area contributed by atoms with E-state index < -0.39 is 17.5 Å². The van der Waals surface area contributed by atoms with Gasteiger partial charge >= 0.3 is 0 Å². The normalized spacial score (nSPS) is 10.5. The first-order valence-electron chi connectivity index (χ1n) is 5.35. The molecule has 4 nitrogen and oxygen atoms in total. The van der Waals surface area contributed by atoms with E-state index in [-0.39, 0.29) is 17.9 Å². The number of aromatic nitrogens is 1. The van der Waals surface area contributed by atoms with Crippen LogP contribution in [0.15, 0.2) is 24.4 Å². The second kappa shape index (κ2) is 5.05. The van der Waals surface area contributed by atoms with Crippen LogP contribution in [0.4, 0.5) is 30.4 Å². The maximum absolute atomic E-state index is 13.0. The third-order valence-electron chi connectivity index (χ3n) is 2.49. The van der Waals surface area contributed by atoms with Crippen LogP contribution < -0.4 is 16.8 Å². The monoisotopic (exact) mass is 268 g/mol. The molecule has 0 saturated heterocycles. The molecule has 1 heterocycles. The van der Waals surface area contributed by atoms with Crippen molar-refractivity contribution < 1.29 is 13.2 Å². The zero-order valence-corrected chi connectivity index (χ0v) is 9.75. The van der Waals surface area contributed by atoms with E-state index in [1.165, 1.54) is 6.20 Å². The number of hydrogen-bond donors (Lipinski definition) is 3. The smallest absolute Gasteiger partial charge is 0.194 e. The summed E-state index contributed by atoms with van der Waals surface area (Å²) in [6.07, 6.45) is 1.43. The summed E-state index contributed by atoms with van der Waals surface area (Å²) in [7, 11) is 0. The standard InChI is InChI=1S/C12H11F3N4/c13-8-1-6(2-9(14)11(8)15)4-18-7-3-10(16)12(17)19-5-7/h1-3,5,18H,4,16H2,(H2,17,19). The number of nitrogen functional groups attached to an aromatic ring is 2. The van der Waals surface area contributed by atoms with Crippen molar-refractivity contribution in [2.24, 2.45) is 0 Å². The lowest BCUT2D eigenvalue weighted by Crippen LogP contribution is -2.04. The highest BCUT2D eigenvalue weighted by Crippen LogP contribution is 2.18. The number of pyridine rings is 1. The summed E-state index contributed by atoms with van der Waals surface area (Å²) in [5.74, 6) is -3.75. The Morgan fingerprint density at radius 1 is 1.05 bits per heavy atom. The molecule has 0 aliphatic rings. The fraction of sp³-hybridized carbons (Fsp3) is 0.0833. The summed E-state index contributed by atoms with van der Waals surface area (Å²) >= 11 is 0. The van der Waals surface area contributed by atoms with Gasteiger partial charge < -0.3 is 16.8 Å². The van der Waals surface area contributed by atoms with E-state index >= 15 is 0 Å². The van der Waals surface area contributed by atoms with Gasteiger partial charge in [-0.2, -0.15) is 0 Å². The van der Waals surface area contributed by atoms with E-state index in [1.54, 1.807) is 6.07 Å². The van der Waals surface area contributed by atoms with Crippen molar-refractivity contribution >= 4 is 17.2 Å². The highest BCUT2D eigenvalue weighted by molar-refractivity contribution is 5.64. The predicted octanol–water partition coefficient (Wildman–Crippen LogP) is 2.28. The largest absolute Gasteiger partial charge is 0.396 e. The molecule has 2 rings (SSSR count). The quantitative estimate of drug-likeness (QED) is 0.746. The van der Waals surface area contributed by atoms with Gasteiger partial charge in [-0.25, -0.2) is 18.2 Å². The number of nitrogens with one attached hydrogen (secondary N) is 1. The number of halogens is 3. The Hall–Kier alpha value is -2.44. The molecular weight excluding hydrogens is 257 g/mol. The SMILES string of the molecule is Nc1cc(NCc2cc(F)c(F)c(F)c2)cnc1N. The minimum Gasteiger partial charge on any atom is -0.396 e. The fourth-order valence-corrected chi connectivity index (χ4v) is 1.50. The Morgan fingerprint density at radius 3 is 2.26 bits per heavy atom. The topological polar surface area (TPSA) is 77.0 Å². The third kappa shape index (κ3) is 2.87. The predicted molar refractivity (Wildman–Crippen MR) is 66.7 cm³/mol. The second-order valence-electron chi connectivity index (χ2n) is 3.93. The van der Waals surface area contributed by atoms with Gasteiger partial charge in [-0.3, -0.25) is 0 Å². The van der Waals surface area contributed by atoms with Gasteiger partial charge in [-0.05, 0) is 23.8 Å². The molecule has 0 unspecified atom stereocenters. The van der Waals surface area contributed by atoms with E-state index in [4.69, 9.17) is 11.5 Å². The van der Waals surface area contributed by atoms with Crippen molar-refractivity contribution in [1.29, 1.82) is 0 Å². The summed E-state index contributed by atoms with van der Waals surface area (Å²) < 4.78 is 38.7. The molecule has 2 aromatic rings. The molecule has 0 fully saturated rings. The third-order valence-corrected chi connectivity index (χ3v) is 2.49. The van der Waals surface area contributed by atoms with E-state index in [9.17, 15) is 13.2 Å². The number of hydrogen-bond acceptors (Lipinski definition) is 4. The number of benzene rings is 1. The molecule has 5 N–H and O–H groups in total. The van der Waals surface area contributed by atoms with E-state index in [0.29, 0.717) is 11.4 Å². The maximum atomic E-state index is 13.0. The van der Waals surface area contributed by atoms with Crippen LogP contribution in [0, 0.1) is 17.5 Å². The van der Waals surface area contributed by atoms with Crippen molar-refractivity contribution in [1.82, 2.24) is 4.98 Å². The number of anilines is 3. The molecule has 1 aromatic heterocycles. The van der Waals surface area contributed by atoms with Gasteiger partial charge in [-0.1, -0.05) is 0 Å². The van der Waals surface area contributed by atoms with Crippen LogP contribution in [-0.2, 0) is 6.54 Å². The summed E-state index contributed by atoms with van der Waals surface area (Å²) in [6, 6.07) is 3.37. The average molecular weight is 268 g/mol. The Bertz CT molecular complexity index is 593. The van der Waals surface area contributed by atoms with E-state index in [2.05, 4.69) is 10.3 Å². The van der Waals surface area contributed by atoms with Crippen molar-refractivity contribution in [3.8, 4) is 0 Å². The van der Waals surface area contributed by atoms with E-state index in [0.717, 1.165) is 12.1 Å². The maximum Gasteiger partial charge on any atom is 0.194 e. The van der Waals surface area contributed by atoms with E-state index in [1.807, 2.05) is 0 Å². The van der Waals surface area contributed by atoms with Crippen molar-refractivity contribution in [3.05, 3.63) is 47.4 Å². The Balaban J connectivity index is 2.12. The molecule has 0 aliphatic carbocycles. The summed E-state index contributed by atoms with van der Waals surface area (Å²) in [4.78, 5) is 3.82. The molecule has 7 heteroatoms. The molecule has 0 radical (unpaired) electrons. The summed E-state index contributed by atoms with van der Waals surface area (Å²) in [6.45, 7) is 0.0964. The lowest BCUT2D eigenvalue weighted by atomic mass is 10.2. The van der Waals surface area contributed by atoms with Crippen LogP contribution in [0.25, 0.3) is 0 Å². The van der Waals surface area contributed by atoms with Gasteiger partial charge in [-0.15, -0.1) is 0 Å². The van der Waals surface area contributed by atoms with Gasteiger partial charge in [0, 0.05) is 6.54 Å². The van der Waals surface area contributed by atoms with Crippen LogP contribution >= 0.6 is 0 Å². The van der Waals surface area contributed by atoms with Crippen molar-refractivity contribution in [3.63, 3.8) is 0 Å². The van der Waals surface area contributed by atoms with Gasteiger partial charge in [0.1, 0.15) is 5.82 Å².